The summed E-state index contributed by atoms with van der Waals surface area (Å²) in [7, 11) is -2.59. The number of nitrogens with zero attached hydrogens (tertiary/aromatic N) is 2. The van der Waals surface area contributed by atoms with Crippen LogP contribution in [-0.2, 0) is 16.4 Å². The van der Waals surface area contributed by atoms with Crippen molar-refractivity contribution in [2.45, 2.75) is 18.2 Å². The molecule has 1 aromatic heterocycles. The molecule has 4 aromatic rings. The van der Waals surface area contributed by atoms with Gasteiger partial charge in [0.1, 0.15) is 11.3 Å². The summed E-state index contributed by atoms with van der Waals surface area (Å²) in [6.45, 7) is 2.05. The number of nitro benzene ring substituents is 1. The highest BCUT2D eigenvalue weighted by molar-refractivity contribution is 7.90. The van der Waals surface area contributed by atoms with Crippen molar-refractivity contribution >= 4 is 38.0 Å². The largest absolute Gasteiger partial charge is 0.497 e. The molecule has 0 amide bonds. The molecule has 0 aliphatic carbocycles. The SMILES string of the molecule is CCc1cccc(Nc2ccc([N+](=O)[O-])c3c2ccn3S(=O)(=O)c2ccc(OC)cc2)c1. The number of fused-ring (bicyclic) bond motifs is 1. The van der Waals surface area contributed by atoms with E-state index in [0.717, 1.165) is 21.6 Å². The van der Waals surface area contributed by atoms with Crippen molar-refractivity contribution in [3.8, 4) is 5.75 Å². The number of ether oxygens (including phenoxy) is 1. The van der Waals surface area contributed by atoms with E-state index in [4.69, 9.17) is 4.74 Å². The van der Waals surface area contributed by atoms with Crippen LogP contribution in [0.2, 0.25) is 0 Å². The summed E-state index contributed by atoms with van der Waals surface area (Å²) in [6, 6.07) is 18.1. The highest BCUT2D eigenvalue weighted by Gasteiger charge is 2.26. The fraction of sp³-hybridized carbons (Fsp3) is 0.130. The Morgan fingerprint density at radius 3 is 2.47 bits per heavy atom. The molecular weight excluding hydrogens is 430 g/mol. The van der Waals surface area contributed by atoms with Gasteiger partial charge >= 0.3 is 0 Å². The summed E-state index contributed by atoms with van der Waals surface area (Å²) in [5.41, 5.74) is 2.22. The highest BCUT2D eigenvalue weighted by Crippen LogP contribution is 2.36. The molecule has 0 radical (unpaired) electrons. The topological polar surface area (TPSA) is 103 Å². The van der Waals surface area contributed by atoms with Crippen LogP contribution >= 0.6 is 0 Å². The molecule has 32 heavy (non-hydrogen) atoms. The summed E-state index contributed by atoms with van der Waals surface area (Å²) >= 11 is 0. The molecule has 0 atom stereocenters. The third-order valence-electron chi connectivity index (χ3n) is 5.22. The van der Waals surface area contributed by atoms with Crippen molar-refractivity contribution in [1.29, 1.82) is 0 Å². The maximum atomic E-state index is 13.3. The standard InChI is InChI=1S/C23H21N3O5S/c1-3-16-5-4-6-17(15-16)24-21-11-12-22(26(27)28)23-20(21)13-14-25(23)32(29,30)19-9-7-18(31-2)8-10-19/h4-15,24H,3H2,1-2H3. The molecule has 4 rings (SSSR count). The van der Waals surface area contributed by atoms with E-state index in [1.165, 1.54) is 43.6 Å². The Labute approximate surface area is 185 Å². The summed E-state index contributed by atoms with van der Waals surface area (Å²) in [4.78, 5) is 11.1. The van der Waals surface area contributed by atoms with Gasteiger partial charge in [0.2, 0.25) is 0 Å². The summed E-state index contributed by atoms with van der Waals surface area (Å²) < 4.78 is 32.7. The van der Waals surface area contributed by atoms with E-state index < -0.39 is 14.9 Å². The molecule has 0 bridgehead atoms. The number of aromatic nitrogens is 1. The Bertz CT molecular complexity index is 1410. The van der Waals surface area contributed by atoms with Crippen molar-refractivity contribution in [2.75, 3.05) is 12.4 Å². The molecule has 0 aliphatic rings. The summed E-state index contributed by atoms with van der Waals surface area (Å²) in [5.74, 6) is 0.507. The number of rotatable bonds is 7. The lowest BCUT2D eigenvalue weighted by molar-refractivity contribution is -0.383. The minimum Gasteiger partial charge on any atom is -0.497 e. The number of anilines is 2. The second-order valence-electron chi connectivity index (χ2n) is 7.12. The number of methoxy groups -OCH3 is 1. The molecule has 164 valence electrons. The zero-order chi connectivity index (χ0) is 22.9. The molecule has 0 saturated heterocycles. The molecule has 9 heteroatoms. The van der Waals surface area contributed by atoms with Gasteiger partial charge in [-0.1, -0.05) is 19.1 Å². The van der Waals surface area contributed by atoms with Crippen LogP contribution in [0.5, 0.6) is 5.75 Å². The Morgan fingerprint density at radius 1 is 1.06 bits per heavy atom. The monoisotopic (exact) mass is 451 g/mol. The molecule has 0 fully saturated rings. The van der Waals surface area contributed by atoms with Crippen molar-refractivity contribution in [2.24, 2.45) is 0 Å². The van der Waals surface area contributed by atoms with Crippen molar-refractivity contribution < 1.29 is 18.1 Å². The van der Waals surface area contributed by atoms with Crippen LogP contribution in [0.1, 0.15) is 12.5 Å². The van der Waals surface area contributed by atoms with Crippen LogP contribution in [0, 0.1) is 10.1 Å². The van der Waals surface area contributed by atoms with Gasteiger partial charge in [-0.25, -0.2) is 12.4 Å². The molecule has 1 heterocycles. The fourth-order valence-corrected chi connectivity index (χ4v) is 4.92. The first-order valence-electron chi connectivity index (χ1n) is 9.89. The Hall–Kier alpha value is -3.85. The predicted octanol–water partition coefficient (Wildman–Crippen LogP) is 5.10. The van der Waals surface area contributed by atoms with E-state index in [2.05, 4.69) is 5.32 Å². The number of benzene rings is 3. The molecule has 8 nitrogen and oxygen atoms in total. The van der Waals surface area contributed by atoms with Gasteiger partial charge in [-0.2, -0.15) is 0 Å². The maximum Gasteiger partial charge on any atom is 0.294 e. The molecule has 1 N–H and O–H groups in total. The van der Waals surface area contributed by atoms with E-state index in [1.807, 2.05) is 31.2 Å². The third-order valence-corrected chi connectivity index (χ3v) is 6.91. The van der Waals surface area contributed by atoms with E-state index >= 15 is 0 Å². The van der Waals surface area contributed by atoms with Crippen LogP contribution in [0.4, 0.5) is 17.1 Å². The van der Waals surface area contributed by atoms with Gasteiger partial charge in [-0.15, -0.1) is 0 Å². The average Bonchev–Trinajstić information content (AvgIpc) is 3.26. The second kappa shape index (κ2) is 8.35. The highest BCUT2D eigenvalue weighted by atomic mass is 32.2. The fourth-order valence-electron chi connectivity index (χ4n) is 3.56. The van der Waals surface area contributed by atoms with Gasteiger partial charge in [0.15, 0.2) is 0 Å². The molecule has 0 spiro atoms. The first kappa shape index (κ1) is 21.4. The van der Waals surface area contributed by atoms with Gasteiger partial charge in [0, 0.05) is 29.0 Å². The minimum atomic E-state index is -4.07. The van der Waals surface area contributed by atoms with Crippen molar-refractivity contribution in [3.05, 3.63) is 88.6 Å². The van der Waals surface area contributed by atoms with Gasteiger partial charge < -0.3 is 10.1 Å². The van der Waals surface area contributed by atoms with Crippen LogP contribution in [-0.4, -0.2) is 24.4 Å². The third kappa shape index (κ3) is 3.78. The molecule has 0 unspecified atom stereocenters. The molecule has 3 aromatic carbocycles. The lowest BCUT2D eigenvalue weighted by Gasteiger charge is -2.12. The predicted molar refractivity (Wildman–Crippen MR) is 123 cm³/mol. The number of nitrogens with one attached hydrogen (secondary N) is 1. The maximum absolute atomic E-state index is 13.3. The Kier molecular flexibility index (Phi) is 5.58. The zero-order valence-electron chi connectivity index (χ0n) is 17.5. The number of nitro groups is 1. The summed E-state index contributed by atoms with van der Waals surface area (Å²) in [5, 5.41) is 15.4. The van der Waals surface area contributed by atoms with E-state index in [-0.39, 0.29) is 16.1 Å². The Morgan fingerprint density at radius 2 is 1.81 bits per heavy atom. The van der Waals surface area contributed by atoms with E-state index in [0.29, 0.717) is 16.8 Å². The van der Waals surface area contributed by atoms with Crippen LogP contribution in [0.25, 0.3) is 10.9 Å². The first-order chi connectivity index (χ1) is 15.3. The number of aryl methyl sites for hydroxylation is 1. The van der Waals surface area contributed by atoms with Crippen molar-refractivity contribution in [3.63, 3.8) is 0 Å². The second-order valence-corrected chi connectivity index (χ2v) is 8.94. The van der Waals surface area contributed by atoms with E-state index in [1.54, 1.807) is 12.1 Å². The lowest BCUT2D eigenvalue weighted by Crippen LogP contribution is -2.12. The van der Waals surface area contributed by atoms with Gasteiger partial charge in [-0.3, -0.25) is 10.1 Å². The van der Waals surface area contributed by atoms with Gasteiger partial charge in [0.05, 0.1) is 16.9 Å². The number of hydrogen-bond donors (Lipinski definition) is 1. The quantitative estimate of drug-likeness (QED) is 0.310. The first-order valence-corrected chi connectivity index (χ1v) is 11.3. The number of hydrogen-bond acceptors (Lipinski definition) is 6. The Balaban J connectivity index is 1.87. The van der Waals surface area contributed by atoms with Gasteiger partial charge in [-0.05, 0) is 60.5 Å². The van der Waals surface area contributed by atoms with Crippen LogP contribution < -0.4 is 10.1 Å². The molecular formula is C23H21N3O5S. The van der Waals surface area contributed by atoms with E-state index in [9.17, 15) is 18.5 Å². The molecule has 0 saturated carbocycles. The summed E-state index contributed by atoms with van der Waals surface area (Å²) in [6.07, 6.45) is 2.20. The molecule has 0 aliphatic heterocycles. The zero-order valence-corrected chi connectivity index (χ0v) is 18.3. The lowest BCUT2D eigenvalue weighted by atomic mass is 10.1. The normalized spacial score (nSPS) is 11.4. The smallest absolute Gasteiger partial charge is 0.294 e. The minimum absolute atomic E-state index is 0.000827. The average molecular weight is 452 g/mol. The van der Waals surface area contributed by atoms with Crippen LogP contribution in [0.15, 0.2) is 77.8 Å². The number of non-ortho nitro benzene ring substituents is 1. The van der Waals surface area contributed by atoms with Crippen molar-refractivity contribution in [1.82, 2.24) is 3.97 Å². The van der Waals surface area contributed by atoms with Crippen LogP contribution in [0.3, 0.4) is 0 Å². The van der Waals surface area contributed by atoms with Gasteiger partial charge in [0.25, 0.3) is 15.7 Å².